The molecule has 0 aliphatic rings. The number of carbonyl (C=O) groups excluding carboxylic acids is 4. The first kappa shape index (κ1) is 21.1. The van der Waals surface area contributed by atoms with E-state index in [1.54, 1.807) is 0 Å². The number of esters is 4. The average Bonchev–Trinajstić information content (AvgIpc) is 2.58. The largest absolute Gasteiger partial charge is 0.462 e. The van der Waals surface area contributed by atoms with Gasteiger partial charge in [-0.1, -0.05) is 13.2 Å². The maximum Gasteiger partial charge on any atom is 0.331 e. The van der Waals surface area contributed by atoms with Crippen LogP contribution in [0.1, 0.15) is 12.8 Å². The number of hydrogen-bond acceptors (Lipinski definition) is 8. The van der Waals surface area contributed by atoms with Gasteiger partial charge < -0.3 is 18.9 Å². The SMILES string of the molecule is C=CC(=O)OCCCOC(=O)/C=C\C(=O)OCCCOC(=O)C=C. The summed E-state index contributed by atoms with van der Waals surface area (Å²) in [5.74, 6) is -2.55. The Morgan fingerprint density at radius 1 is 0.583 bits per heavy atom. The molecule has 24 heavy (non-hydrogen) atoms. The third kappa shape index (κ3) is 12.8. The first-order valence-electron chi connectivity index (χ1n) is 7.09. The molecular formula is C16H20O8. The van der Waals surface area contributed by atoms with Crippen molar-refractivity contribution >= 4 is 23.9 Å². The van der Waals surface area contributed by atoms with Gasteiger partial charge >= 0.3 is 23.9 Å². The predicted octanol–water partition coefficient (Wildman–Crippen LogP) is 0.868. The van der Waals surface area contributed by atoms with Crippen LogP contribution >= 0.6 is 0 Å². The molecule has 0 aromatic heterocycles. The second-order valence-electron chi connectivity index (χ2n) is 4.12. The lowest BCUT2D eigenvalue weighted by molar-refractivity contribution is -0.143. The van der Waals surface area contributed by atoms with E-state index in [0.29, 0.717) is 12.8 Å². The Labute approximate surface area is 139 Å². The predicted molar refractivity (Wildman–Crippen MR) is 82.6 cm³/mol. The van der Waals surface area contributed by atoms with E-state index >= 15 is 0 Å². The van der Waals surface area contributed by atoms with Crippen LogP contribution in [0.2, 0.25) is 0 Å². The Hall–Kier alpha value is -2.90. The Bertz CT molecular complexity index is 448. The highest BCUT2D eigenvalue weighted by Gasteiger charge is 2.02. The monoisotopic (exact) mass is 340 g/mol. The lowest BCUT2D eigenvalue weighted by Crippen LogP contribution is -2.10. The van der Waals surface area contributed by atoms with Crippen molar-refractivity contribution in [1.82, 2.24) is 0 Å². The van der Waals surface area contributed by atoms with E-state index in [1.165, 1.54) is 0 Å². The summed E-state index contributed by atoms with van der Waals surface area (Å²) in [6, 6.07) is 0. The van der Waals surface area contributed by atoms with E-state index in [9.17, 15) is 19.2 Å². The summed E-state index contributed by atoms with van der Waals surface area (Å²) in [5, 5.41) is 0. The molecule has 0 atom stereocenters. The number of carbonyl (C=O) groups is 4. The summed E-state index contributed by atoms with van der Waals surface area (Å²) in [5.41, 5.74) is 0. The molecule has 8 nitrogen and oxygen atoms in total. The molecule has 0 unspecified atom stereocenters. The van der Waals surface area contributed by atoms with Gasteiger partial charge in [0.1, 0.15) is 0 Å². The van der Waals surface area contributed by atoms with E-state index in [4.69, 9.17) is 9.47 Å². The lowest BCUT2D eigenvalue weighted by Gasteiger charge is -2.03. The van der Waals surface area contributed by atoms with Crippen LogP contribution in [0.5, 0.6) is 0 Å². The summed E-state index contributed by atoms with van der Waals surface area (Å²) in [7, 11) is 0. The van der Waals surface area contributed by atoms with Gasteiger partial charge in [-0.25, -0.2) is 19.2 Å². The minimum Gasteiger partial charge on any atom is -0.462 e. The van der Waals surface area contributed by atoms with Crippen molar-refractivity contribution < 1.29 is 38.1 Å². The summed E-state index contributed by atoms with van der Waals surface area (Å²) in [4.78, 5) is 44.0. The summed E-state index contributed by atoms with van der Waals surface area (Å²) in [6.07, 6.45) is 4.57. The van der Waals surface area contributed by atoms with Crippen molar-refractivity contribution in [2.24, 2.45) is 0 Å². The molecule has 0 N–H and O–H groups in total. The fourth-order valence-corrected chi connectivity index (χ4v) is 1.16. The van der Waals surface area contributed by atoms with Crippen molar-refractivity contribution in [3.05, 3.63) is 37.5 Å². The molecule has 0 saturated heterocycles. The van der Waals surface area contributed by atoms with Crippen molar-refractivity contribution in [2.75, 3.05) is 26.4 Å². The first-order valence-corrected chi connectivity index (χ1v) is 7.09. The molecule has 8 heteroatoms. The fourth-order valence-electron chi connectivity index (χ4n) is 1.16. The zero-order valence-corrected chi connectivity index (χ0v) is 13.2. The van der Waals surface area contributed by atoms with Gasteiger partial charge in [-0.15, -0.1) is 0 Å². The van der Waals surface area contributed by atoms with E-state index in [0.717, 1.165) is 24.3 Å². The van der Waals surface area contributed by atoms with Crippen LogP contribution in [-0.2, 0) is 38.1 Å². The molecule has 0 rings (SSSR count). The van der Waals surface area contributed by atoms with Crippen molar-refractivity contribution in [3.63, 3.8) is 0 Å². The fraction of sp³-hybridized carbons (Fsp3) is 0.375. The van der Waals surface area contributed by atoms with Crippen LogP contribution in [0.4, 0.5) is 0 Å². The molecule has 0 aliphatic heterocycles. The zero-order chi connectivity index (χ0) is 18.2. The summed E-state index contributed by atoms with van der Waals surface area (Å²) < 4.78 is 18.9. The topological polar surface area (TPSA) is 105 Å². The normalized spacial score (nSPS) is 9.83. The van der Waals surface area contributed by atoms with Crippen molar-refractivity contribution in [3.8, 4) is 0 Å². The van der Waals surface area contributed by atoms with Crippen LogP contribution in [0.15, 0.2) is 37.5 Å². The first-order chi connectivity index (χ1) is 11.5. The molecule has 132 valence electrons. The quantitative estimate of drug-likeness (QED) is 0.223. The van der Waals surface area contributed by atoms with E-state index < -0.39 is 23.9 Å². The summed E-state index contributed by atoms with van der Waals surface area (Å²) >= 11 is 0. The van der Waals surface area contributed by atoms with Gasteiger partial charge in [0.2, 0.25) is 0 Å². The highest BCUT2D eigenvalue weighted by molar-refractivity contribution is 5.91. The molecule has 0 radical (unpaired) electrons. The van der Waals surface area contributed by atoms with Crippen LogP contribution in [0.25, 0.3) is 0 Å². The van der Waals surface area contributed by atoms with E-state index in [2.05, 4.69) is 22.6 Å². The molecule has 0 saturated carbocycles. The molecule has 0 fully saturated rings. The van der Waals surface area contributed by atoms with Crippen LogP contribution in [0.3, 0.4) is 0 Å². The maximum atomic E-state index is 11.3. The van der Waals surface area contributed by atoms with Gasteiger partial charge in [-0.3, -0.25) is 0 Å². The van der Waals surface area contributed by atoms with Gasteiger partial charge in [0, 0.05) is 37.1 Å². The number of ether oxygens (including phenoxy) is 4. The average molecular weight is 340 g/mol. The Morgan fingerprint density at radius 3 is 1.17 bits per heavy atom. The molecule has 0 aliphatic carbocycles. The van der Waals surface area contributed by atoms with Gasteiger partial charge in [-0.05, 0) is 0 Å². The van der Waals surface area contributed by atoms with E-state index in [1.807, 2.05) is 0 Å². The minimum atomic E-state index is -0.720. The molecule has 0 bridgehead atoms. The van der Waals surface area contributed by atoms with E-state index in [-0.39, 0.29) is 26.4 Å². The zero-order valence-electron chi connectivity index (χ0n) is 13.2. The Balaban J connectivity index is 3.68. The van der Waals surface area contributed by atoms with Crippen LogP contribution < -0.4 is 0 Å². The molecular weight excluding hydrogens is 320 g/mol. The third-order valence-corrected chi connectivity index (χ3v) is 2.24. The van der Waals surface area contributed by atoms with Gasteiger partial charge in [0.05, 0.1) is 26.4 Å². The molecule has 0 spiro atoms. The lowest BCUT2D eigenvalue weighted by atomic mass is 10.4. The molecule has 0 aromatic rings. The standard InChI is InChI=1S/C16H20O8/c1-3-13(17)21-9-5-11-23-15(19)7-8-16(20)24-12-6-10-22-14(18)4-2/h3-4,7-8H,1-2,5-6,9-12H2/b8-7-. The van der Waals surface area contributed by atoms with Crippen molar-refractivity contribution in [1.29, 1.82) is 0 Å². The maximum absolute atomic E-state index is 11.3. The van der Waals surface area contributed by atoms with Gasteiger partial charge in [0.15, 0.2) is 0 Å². The minimum absolute atomic E-state index is 0.0390. The molecule has 0 aromatic carbocycles. The second-order valence-corrected chi connectivity index (χ2v) is 4.12. The molecule has 0 amide bonds. The van der Waals surface area contributed by atoms with Crippen molar-refractivity contribution in [2.45, 2.75) is 12.8 Å². The Kier molecular flexibility index (Phi) is 12.1. The smallest absolute Gasteiger partial charge is 0.331 e. The third-order valence-electron chi connectivity index (χ3n) is 2.24. The highest BCUT2D eigenvalue weighted by Crippen LogP contribution is 1.92. The number of rotatable bonds is 12. The van der Waals surface area contributed by atoms with Gasteiger partial charge in [0.25, 0.3) is 0 Å². The van der Waals surface area contributed by atoms with Crippen LogP contribution in [0, 0.1) is 0 Å². The number of hydrogen-bond donors (Lipinski definition) is 0. The second kappa shape index (κ2) is 13.7. The van der Waals surface area contributed by atoms with Gasteiger partial charge in [-0.2, -0.15) is 0 Å². The highest BCUT2D eigenvalue weighted by atomic mass is 16.6. The Morgan fingerprint density at radius 2 is 0.875 bits per heavy atom. The molecule has 0 heterocycles. The summed E-state index contributed by atoms with van der Waals surface area (Å²) in [6.45, 7) is 6.74. The van der Waals surface area contributed by atoms with Crippen LogP contribution in [-0.4, -0.2) is 50.3 Å².